The van der Waals surface area contributed by atoms with Gasteiger partial charge in [-0.1, -0.05) is 65.7 Å². The van der Waals surface area contributed by atoms with Crippen molar-refractivity contribution >= 4 is 80.9 Å². The van der Waals surface area contributed by atoms with Crippen molar-refractivity contribution in [3.05, 3.63) is 129 Å². The first-order valence-corrected chi connectivity index (χ1v) is 17.0. The van der Waals surface area contributed by atoms with Gasteiger partial charge in [0.1, 0.15) is 11.4 Å². The second-order valence-electron chi connectivity index (χ2n) is 9.87. The number of nitrogens with one attached hydrogen (secondary N) is 3. The van der Waals surface area contributed by atoms with Gasteiger partial charge >= 0.3 is 0 Å². The summed E-state index contributed by atoms with van der Waals surface area (Å²) in [7, 11) is 0. The van der Waals surface area contributed by atoms with Crippen LogP contribution in [0.4, 0.5) is 10.8 Å². The summed E-state index contributed by atoms with van der Waals surface area (Å²) in [4.78, 5) is 44.4. The quantitative estimate of drug-likeness (QED) is 0.0887. The molecular formula is C35H28Cl2N4O4S2. The van der Waals surface area contributed by atoms with Gasteiger partial charge < -0.3 is 20.7 Å². The van der Waals surface area contributed by atoms with E-state index in [1.54, 1.807) is 84.9 Å². The second-order valence-corrected chi connectivity index (χ2v) is 12.6. The van der Waals surface area contributed by atoms with Crippen LogP contribution >= 0.6 is 46.3 Å². The highest BCUT2D eigenvalue weighted by Crippen LogP contribution is 2.31. The average Bonchev–Trinajstić information content (AvgIpc) is 3.54. The minimum atomic E-state index is -0.510. The SMILES string of the molecule is CCOc1ccc(/C=C(/NC(=O)c2ccccc2)C(=O)Nc2cccc(SCC(=O)Nc3nc(-c4ccc(Cl)c(Cl)c4)cs3)c2)cc1. The number of anilines is 2. The van der Waals surface area contributed by atoms with Gasteiger partial charge in [0.25, 0.3) is 11.8 Å². The van der Waals surface area contributed by atoms with E-state index in [0.717, 1.165) is 10.5 Å². The Hall–Kier alpha value is -4.61. The number of thiazole rings is 1. The zero-order valence-corrected chi connectivity index (χ0v) is 28.1. The van der Waals surface area contributed by atoms with Crippen molar-refractivity contribution in [1.82, 2.24) is 10.3 Å². The van der Waals surface area contributed by atoms with Crippen molar-refractivity contribution < 1.29 is 19.1 Å². The van der Waals surface area contributed by atoms with E-state index >= 15 is 0 Å². The number of ether oxygens (including phenoxy) is 1. The van der Waals surface area contributed by atoms with Gasteiger partial charge in [0, 0.05) is 27.1 Å². The van der Waals surface area contributed by atoms with Crippen molar-refractivity contribution in [2.24, 2.45) is 0 Å². The number of hydrogen-bond donors (Lipinski definition) is 3. The maximum absolute atomic E-state index is 13.5. The number of rotatable bonds is 12. The van der Waals surface area contributed by atoms with Gasteiger partial charge in [-0.2, -0.15) is 0 Å². The van der Waals surface area contributed by atoms with Gasteiger partial charge in [0.05, 0.1) is 28.1 Å². The molecule has 0 aliphatic carbocycles. The van der Waals surface area contributed by atoms with Crippen LogP contribution in [0.1, 0.15) is 22.8 Å². The first kappa shape index (κ1) is 33.7. The molecule has 4 aromatic carbocycles. The van der Waals surface area contributed by atoms with Crippen LogP contribution in [-0.4, -0.2) is 35.1 Å². The fourth-order valence-corrected chi connectivity index (χ4v) is 6.01. The van der Waals surface area contributed by atoms with Crippen LogP contribution in [0.5, 0.6) is 5.75 Å². The summed E-state index contributed by atoms with van der Waals surface area (Å²) >= 11 is 14.7. The number of hydrogen-bond acceptors (Lipinski definition) is 7. The third-order valence-electron chi connectivity index (χ3n) is 6.46. The molecule has 0 saturated carbocycles. The summed E-state index contributed by atoms with van der Waals surface area (Å²) in [6, 6.07) is 28.2. The fourth-order valence-electron chi connectivity index (χ4n) is 4.22. The number of aromatic nitrogens is 1. The molecule has 0 saturated heterocycles. The summed E-state index contributed by atoms with van der Waals surface area (Å²) in [5.74, 6) is -0.340. The molecule has 1 heterocycles. The van der Waals surface area contributed by atoms with E-state index < -0.39 is 11.8 Å². The molecule has 0 radical (unpaired) electrons. The van der Waals surface area contributed by atoms with Gasteiger partial charge in [-0.25, -0.2) is 4.98 Å². The molecule has 0 aliphatic rings. The Morgan fingerprint density at radius 1 is 0.894 bits per heavy atom. The van der Waals surface area contributed by atoms with E-state index in [2.05, 4.69) is 20.9 Å². The van der Waals surface area contributed by atoms with E-state index in [-0.39, 0.29) is 17.4 Å². The molecule has 0 atom stereocenters. The molecule has 5 rings (SSSR count). The highest BCUT2D eigenvalue weighted by Gasteiger charge is 2.16. The van der Waals surface area contributed by atoms with Crippen LogP contribution in [0.2, 0.25) is 10.0 Å². The van der Waals surface area contributed by atoms with Crippen LogP contribution in [0.15, 0.2) is 113 Å². The minimum absolute atomic E-state index is 0.0594. The maximum Gasteiger partial charge on any atom is 0.272 e. The first-order chi connectivity index (χ1) is 22.8. The Morgan fingerprint density at radius 3 is 2.43 bits per heavy atom. The Morgan fingerprint density at radius 2 is 1.68 bits per heavy atom. The number of amides is 3. The van der Waals surface area contributed by atoms with Crippen molar-refractivity contribution in [1.29, 1.82) is 0 Å². The van der Waals surface area contributed by atoms with Crippen molar-refractivity contribution in [3.8, 4) is 17.0 Å². The highest BCUT2D eigenvalue weighted by atomic mass is 35.5. The average molecular weight is 704 g/mol. The maximum atomic E-state index is 13.5. The van der Waals surface area contributed by atoms with Crippen LogP contribution in [-0.2, 0) is 9.59 Å². The van der Waals surface area contributed by atoms with Crippen LogP contribution in [0.3, 0.4) is 0 Å². The summed E-state index contributed by atoms with van der Waals surface area (Å²) in [5.41, 5.74) is 3.14. The molecule has 0 aliphatic heterocycles. The lowest BCUT2D eigenvalue weighted by Gasteiger charge is -2.12. The number of carbonyl (C=O) groups is 3. The normalized spacial score (nSPS) is 11.1. The molecule has 0 bridgehead atoms. The number of carbonyl (C=O) groups excluding carboxylic acids is 3. The molecule has 3 N–H and O–H groups in total. The predicted molar refractivity (Wildman–Crippen MR) is 191 cm³/mol. The zero-order chi connectivity index (χ0) is 33.2. The number of nitrogens with zero attached hydrogens (tertiary/aromatic N) is 1. The number of halogens is 2. The van der Waals surface area contributed by atoms with E-state index in [9.17, 15) is 14.4 Å². The Kier molecular flexibility index (Phi) is 11.7. The summed E-state index contributed by atoms with van der Waals surface area (Å²) < 4.78 is 5.51. The Balaban J connectivity index is 1.23. The van der Waals surface area contributed by atoms with Crippen molar-refractivity contribution in [2.45, 2.75) is 11.8 Å². The van der Waals surface area contributed by atoms with E-state index in [4.69, 9.17) is 27.9 Å². The molecule has 8 nitrogen and oxygen atoms in total. The topological polar surface area (TPSA) is 109 Å². The summed E-state index contributed by atoms with van der Waals surface area (Å²) in [6.45, 7) is 2.43. The Bertz CT molecular complexity index is 1910. The van der Waals surface area contributed by atoms with Crippen LogP contribution in [0.25, 0.3) is 17.3 Å². The summed E-state index contributed by atoms with van der Waals surface area (Å²) in [5, 5.41) is 11.6. The molecule has 12 heteroatoms. The number of benzene rings is 4. The molecule has 47 heavy (non-hydrogen) atoms. The zero-order valence-electron chi connectivity index (χ0n) is 25.0. The van der Waals surface area contributed by atoms with Gasteiger partial charge in [-0.05, 0) is 73.2 Å². The van der Waals surface area contributed by atoms with Gasteiger partial charge in [0.15, 0.2) is 5.13 Å². The van der Waals surface area contributed by atoms with E-state index in [0.29, 0.717) is 50.0 Å². The predicted octanol–water partition coefficient (Wildman–Crippen LogP) is 8.66. The van der Waals surface area contributed by atoms with Gasteiger partial charge in [-0.3, -0.25) is 14.4 Å². The third-order valence-corrected chi connectivity index (χ3v) is 8.95. The largest absolute Gasteiger partial charge is 0.494 e. The van der Waals surface area contributed by atoms with Crippen molar-refractivity contribution in [2.75, 3.05) is 23.0 Å². The molecule has 0 fully saturated rings. The lowest BCUT2D eigenvalue weighted by atomic mass is 10.1. The standard InChI is InChI=1S/C35H28Cl2N4O4S2/c1-2-45-26-14-11-22(12-15-26)17-30(39-33(43)23-7-4-3-5-8-23)34(44)38-25-9-6-10-27(19-25)46-21-32(42)41-35-40-31(20-47-35)24-13-16-28(36)29(37)18-24/h3-20H,2,21H2,1H3,(H,38,44)(H,39,43)(H,40,41,42)/b30-17+. The molecule has 0 spiro atoms. The lowest BCUT2D eigenvalue weighted by Crippen LogP contribution is -2.30. The molecular weight excluding hydrogens is 675 g/mol. The van der Waals surface area contributed by atoms with Gasteiger partial charge in [0.2, 0.25) is 5.91 Å². The minimum Gasteiger partial charge on any atom is -0.494 e. The first-order valence-electron chi connectivity index (χ1n) is 14.3. The molecule has 0 unspecified atom stereocenters. The van der Waals surface area contributed by atoms with Gasteiger partial charge in [-0.15, -0.1) is 23.1 Å². The number of thioether (sulfide) groups is 1. The second kappa shape index (κ2) is 16.3. The fraction of sp³-hybridized carbons (Fsp3) is 0.0857. The molecule has 3 amide bonds. The lowest BCUT2D eigenvalue weighted by molar-refractivity contribution is -0.114. The molecule has 1 aromatic heterocycles. The van der Waals surface area contributed by atoms with Crippen LogP contribution < -0.4 is 20.7 Å². The summed E-state index contributed by atoms with van der Waals surface area (Å²) in [6.07, 6.45) is 1.60. The molecule has 238 valence electrons. The van der Waals surface area contributed by atoms with Crippen LogP contribution in [0, 0.1) is 0 Å². The smallest absolute Gasteiger partial charge is 0.272 e. The van der Waals surface area contributed by atoms with E-state index in [1.807, 2.05) is 30.5 Å². The van der Waals surface area contributed by atoms with E-state index in [1.165, 1.54) is 23.1 Å². The third kappa shape index (κ3) is 9.69. The van der Waals surface area contributed by atoms with Crippen molar-refractivity contribution in [3.63, 3.8) is 0 Å². The Labute approximate surface area is 290 Å². The molecule has 5 aromatic rings. The monoisotopic (exact) mass is 702 g/mol. The highest BCUT2D eigenvalue weighted by molar-refractivity contribution is 8.00.